The second-order valence-electron chi connectivity index (χ2n) is 16.0. The molecule has 6 nitrogen and oxygen atoms in total. The lowest BCUT2D eigenvalue weighted by atomic mass is 9.77. The SMILES string of the molecule is CC(C)(C)c1cc(CC(CCSC(Cc2cc(C(C)(C)C)c(O)c(C(C)(C)C)c2)C(=O)O)C(=O)O)cc(C(C)(C)C)c1O. The number of carbonyl (C=O) groups is 2. The minimum Gasteiger partial charge on any atom is -0.507 e. The van der Waals surface area contributed by atoms with Crippen LogP contribution < -0.4 is 0 Å². The summed E-state index contributed by atoms with van der Waals surface area (Å²) in [4.78, 5) is 24.7. The van der Waals surface area contributed by atoms with Crippen molar-refractivity contribution in [2.75, 3.05) is 5.75 Å². The second kappa shape index (κ2) is 13.1. The highest BCUT2D eigenvalue weighted by molar-refractivity contribution is 8.00. The lowest BCUT2D eigenvalue weighted by molar-refractivity contribution is -0.141. The van der Waals surface area contributed by atoms with Crippen molar-refractivity contribution in [3.8, 4) is 11.5 Å². The zero-order valence-electron chi connectivity index (χ0n) is 28.3. The van der Waals surface area contributed by atoms with Gasteiger partial charge in [0.25, 0.3) is 0 Å². The maximum Gasteiger partial charge on any atom is 0.316 e. The van der Waals surface area contributed by atoms with E-state index in [2.05, 4.69) is 0 Å². The summed E-state index contributed by atoms with van der Waals surface area (Å²) in [6, 6.07) is 7.65. The second-order valence-corrected chi connectivity index (χ2v) is 17.3. The summed E-state index contributed by atoms with van der Waals surface area (Å²) in [5, 5.41) is 41.5. The van der Waals surface area contributed by atoms with Crippen LogP contribution in [0.5, 0.6) is 11.5 Å². The van der Waals surface area contributed by atoms with Crippen LogP contribution in [0.3, 0.4) is 0 Å². The molecule has 0 aliphatic carbocycles. The summed E-state index contributed by atoms with van der Waals surface area (Å²) in [5.41, 5.74) is 3.55. The lowest BCUT2D eigenvalue weighted by Gasteiger charge is -2.29. The van der Waals surface area contributed by atoms with Crippen molar-refractivity contribution in [3.63, 3.8) is 0 Å². The fourth-order valence-electron chi connectivity index (χ4n) is 5.29. The van der Waals surface area contributed by atoms with Crippen LogP contribution in [0, 0.1) is 5.92 Å². The molecule has 43 heavy (non-hydrogen) atoms. The predicted octanol–water partition coefficient (Wildman–Crippen LogP) is 8.35. The Hall–Kier alpha value is -2.67. The van der Waals surface area contributed by atoms with Gasteiger partial charge in [0.15, 0.2) is 0 Å². The first-order valence-electron chi connectivity index (χ1n) is 15.1. The fraction of sp³-hybridized carbons (Fsp3) is 0.611. The number of hydrogen-bond donors (Lipinski definition) is 4. The molecular weight excluding hydrogens is 560 g/mol. The molecule has 2 unspecified atom stereocenters. The van der Waals surface area contributed by atoms with Crippen LogP contribution >= 0.6 is 11.8 Å². The number of phenolic OH excluding ortho intramolecular Hbond substituents is 2. The van der Waals surface area contributed by atoms with Crippen LogP contribution in [0.1, 0.15) is 123 Å². The van der Waals surface area contributed by atoms with E-state index >= 15 is 0 Å². The molecule has 4 N–H and O–H groups in total. The minimum atomic E-state index is -0.942. The van der Waals surface area contributed by atoms with Crippen LogP contribution in [-0.2, 0) is 44.1 Å². The number of thioether (sulfide) groups is 1. The van der Waals surface area contributed by atoms with Gasteiger partial charge in [0.2, 0.25) is 0 Å². The van der Waals surface area contributed by atoms with Gasteiger partial charge in [-0.25, -0.2) is 0 Å². The zero-order chi connectivity index (χ0) is 33.3. The van der Waals surface area contributed by atoms with E-state index in [1.807, 2.05) is 107 Å². The largest absolute Gasteiger partial charge is 0.507 e. The molecule has 240 valence electrons. The first-order valence-corrected chi connectivity index (χ1v) is 16.2. The number of aliphatic carboxylic acids is 2. The fourth-order valence-corrected chi connectivity index (χ4v) is 6.45. The molecule has 2 atom stereocenters. The lowest BCUT2D eigenvalue weighted by Crippen LogP contribution is -2.24. The molecule has 0 radical (unpaired) electrons. The first kappa shape index (κ1) is 36.5. The maximum absolute atomic E-state index is 12.3. The van der Waals surface area contributed by atoms with Gasteiger partial charge in [-0.3, -0.25) is 9.59 Å². The molecule has 0 saturated heterocycles. The van der Waals surface area contributed by atoms with Gasteiger partial charge in [-0.05, 0) is 80.1 Å². The molecule has 0 fully saturated rings. The summed E-state index contributed by atoms with van der Waals surface area (Å²) < 4.78 is 0. The molecule has 2 aromatic carbocycles. The van der Waals surface area contributed by atoms with Gasteiger partial charge in [0.1, 0.15) is 16.7 Å². The van der Waals surface area contributed by atoms with Crippen LogP contribution in [-0.4, -0.2) is 43.4 Å². The van der Waals surface area contributed by atoms with Crippen molar-refractivity contribution in [3.05, 3.63) is 57.6 Å². The monoisotopic (exact) mass is 614 g/mol. The zero-order valence-corrected chi connectivity index (χ0v) is 29.1. The van der Waals surface area contributed by atoms with E-state index < -0.39 is 23.1 Å². The predicted molar refractivity (Wildman–Crippen MR) is 178 cm³/mol. The van der Waals surface area contributed by atoms with Crippen molar-refractivity contribution in [1.29, 1.82) is 0 Å². The third kappa shape index (κ3) is 9.66. The highest BCUT2D eigenvalue weighted by atomic mass is 32.2. The molecule has 0 spiro atoms. The van der Waals surface area contributed by atoms with E-state index in [1.165, 1.54) is 11.8 Å². The van der Waals surface area contributed by atoms with E-state index in [0.29, 0.717) is 18.6 Å². The Bertz CT molecular complexity index is 1140. The molecule has 7 heteroatoms. The normalized spacial score (nSPS) is 14.4. The Morgan fingerprint density at radius 1 is 0.605 bits per heavy atom. The summed E-state index contributed by atoms with van der Waals surface area (Å²) >= 11 is 1.26. The number of benzene rings is 2. The molecule has 0 bridgehead atoms. The van der Waals surface area contributed by atoms with Crippen molar-refractivity contribution in [1.82, 2.24) is 0 Å². The number of phenols is 2. The number of carboxylic acid groups (broad SMARTS) is 2. The van der Waals surface area contributed by atoms with Gasteiger partial charge in [-0.15, -0.1) is 11.8 Å². The Labute approximate surface area is 263 Å². The van der Waals surface area contributed by atoms with E-state index in [1.54, 1.807) is 0 Å². The number of rotatable bonds is 10. The van der Waals surface area contributed by atoms with E-state index in [4.69, 9.17) is 0 Å². The summed E-state index contributed by atoms with van der Waals surface area (Å²) in [6.07, 6.45) is 0.879. The summed E-state index contributed by atoms with van der Waals surface area (Å²) in [6.45, 7) is 24.3. The molecule has 2 aromatic rings. The van der Waals surface area contributed by atoms with Crippen LogP contribution in [0.25, 0.3) is 0 Å². The van der Waals surface area contributed by atoms with E-state index in [0.717, 1.165) is 33.4 Å². The number of aromatic hydroxyl groups is 2. The third-order valence-corrected chi connectivity index (χ3v) is 9.13. The van der Waals surface area contributed by atoms with Crippen molar-refractivity contribution >= 4 is 23.7 Å². The average molecular weight is 615 g/mol. The van der Waals surface area contributed by atoms with E-state index in [9.17, 15) is 30.0 Å². The Kier molecular flexibility index (Phi) is 11.2. The number of carboxylic acids is 2. The van der Waals surface area contributed by atoms with Gasteiger partial charge >= 0.3 is 11.9 Å². The van der Waals surface area contributed by atoms with Gasteiger partial charge in [0, 0.05) is 0 Å². The van der Waals surface area contributed by atoms with Gasteiger partial charge in [0.05, 0.1) is 5.92 Å². The molecular formula is C36H54O6S. The van der Waals surface area contributed by atoms with Crippen molar-refractivity contribution in [2.24, 2.45) is 5.92 Å². The van der Waals surface area contributed by atoms with Crippen molar-refractivity contribution < 1.29 is 30.0 Å². The molecule has 0 aromatic heterocycles. The highest BCUT2D eigenvalue weighted by Crippen LogP contribution is 2.42. The van der Waals surface area contributed by atoms with Gasteiger partial charge in [-0.1, -0.05) is 107 Å². The Morgan fingerprint density at radius 2 is 0.930 bits per heavy atom. The minimum absolute atomic E-state index is 0.256. The molecule has 2 rings (SSSR count). The quantitative estimate of drug-likeness (QED) is 0.213. The highest BCUT2D eigenvalue weighted by Gasteiger charge is 2.30. The molecule has 0 amide bonds. The topological polar surface area (TPSA) is 115 Å². The van der Waals surface area contributed by atoms with Crippen LogP contribution in [0.2, 0.25) is 0 Å². The van der Waals surface area contributed by atoms with Crippen LogP contribution in [0.15, 0.2) is 24.3 Å². The molecule has 0 heterocycles. The average Bonchev–Trinajstić information content (AvgIpc) is 2.81. The van der Waals surface area contributed by atoms with Crippen molar-refractivity contribution in [2.45, 2.75) is 129 Å². The van der Waals surface area contributed by atoms with Crippen LogP contribution in [0.4, 0.5) is 0 Å². The number of hydrogen-bond acceptors (Lipinski definition) is 5. The molecule has 0 aliphatic rings. The van der Waals surface area contributed by atoms with Gasteiger partial charge in [-0.2, -0.15) is 0 Å². The molecule has 0 aliphatic heterocycles. The maximum atomic E-state index is 12.3. The standard InChI is InChI=1S/C36H54O6S/c1-33(2,3)24-16-21(17-25(29(24)37)34(4,5)6)15-23(31(39)40)13-14-43-28(32(41)42)20-22-18-26(35(7,8)9)30(38)27(19-22)36(10,11)12/h16-19,23,28,37-38H,13-15,20H2,1-12H3,(H,39,40)(H,41,42). The Morgan fingerprint density at radius 3 is 1.21 bits per heavy atom. The smallest absolute Gasteiger partial charge is 0.316 e. The summed E-state index contributed by atoms with van der Waals surface area (Å²) in [7, 11) is 0. The summed E-state index contributed by atoms with van der Waals surface area (Å²) in [5.74, 6) is -1.66. The first-order chi connectivity index (χ1) is 19.3. The molecule has 0 saturated carbocycles. The van der Waals surface area contributed by atoms with Gasteiger partial charge < -0.3 is 20.4 Å². The third-order valence-electron chi connectivity index (χ3n) is 7.88. The Balaban J connectivity index is 2.31. The van der Waals surface area contributed by atoms with E-state index in [-0.39, 0.29) is 39.6 Å².